The first-order chi connectivity index (χ1) is 12.5. The molecule has 0 saturated heterocycles. The van der Waals surface area contributed by atoms with Crippen LogP contribution in [0.15, 0.2) is 36.2 Å². The van der Waals surface area contributed by atoms with E-state index in [9.17, 15) is 4.39 Å². The minimum absolute atomic E-state index is 0.176. The van der Waals surface area contributed by atoms with E-state index >= 15 is 0 Å². The highest BCUT2D eigenvalue weighted by molar-refractivity contribution is 5.32. The highest BCUT2D eigenvalue weighted by Crippen LogP contribution is 2.30. The molecular formula is C26H47F. The van der Waals surface area contributed by atoms with Crippen LogP contribution in [0.5, 0.6) is 0 Å². The lowest BCUT2D eigenvalue weighted by Gasteiger charge is -2.23. The molecule has 0 bridgehead atoms. The Morgan fingerprint density at radius 3 is 1.56 bits per heavy atom. The monoisotopic (exact) mass is 378 g/mol. The molecule has 0 aromatic rings. The Kier molecular flexibility index (Phi) is 12.9. The third-order valence-corrected chi connectivity index (χ3v) is 6.25. The van der Waals surface area contributed by atoms with Gasteiger partial charge in [0.25, 0.3) is 0 Å². The summed E-state index contributed by atoms with van der Waals surface area (Å²) in [5.41, 5.74) is 1.52. The van der Waals surface area contributed by atoms with Crippen LogP contribution >= 0.6 is 0 Å². The fourth-order valence-electron chi connectivity index (χ4n) is 3.25. The van der Waals surface area contributed by atoms with Crippen molar-refractivity contribution in [2.45, 2.75) is 93.9 Å². The predicted octanol–water partition coefficient (Wildman–Crippen LogP) is 9.15. The van der Waals surface area contributed by atoms with Gasteiger partial charge in [-0.3, -0.25) is 0 Å². The summed E-state index contributed by atoms with van der Waals surface area (Å²) in [6.45, 7) is 26.1. The van der Waals surface area contributed by atoms with Crippen molar-refractivity contribution < 1.29 is 4.39 Å². The van der Waals surface area contributed by atoms with E-state index in [1.54, 1.807) is 6.08 Å². The Morgan fingerprint density at radius 1 is 0.667 bits per heavy atom. The molecule has 0 aliphatic rings. The van der Waals surface area contributed by atoms with Gasteiger partial charge in [0.15, 0.2) is 0 Å². The van der Waals surface area contributed by atoms with Gasteiger partial charge in [0, 0.05) is 0 Å². The summed E-state index contributed by atoms with van der Waals surface area (Å²) in [5.74, 6) is 3.18. The Morgan fingerprint density at radius 2 is 1.07 bits per heavy atom. The van der Waals surface area contributed by atoms with Crippen molar-refractivity contribution >= 4 is 0 Å². The molecular weight excluding hydrogens is 331 g/mol. The Balaban J connectivity index is 4.50. The van der Waals surface area contributed by atoms with E-state index in [2.05, 4.69) is 68.5 Å². The summed E-state index contributed by atoms with van der Waals surface area (Å²) < 4.78 is 14.6. The summed E-state index contributed by atoms with van der Waals surface area (Å²) in [6.07, 6.45) is 8.56. The fourth-order valence-corrected chi connectivity index (χ4v) is 3.25. The molecule has 158 valence electrons. The molecule has 0 nitrogen and oxygen atoms in total. The van der Waals surface area contributed by atoms with Gasteiger partial charge in [0.1, 0.15) is 5.83 Å². The predicted molar refractivity (Wildman–Crippen MR) is 122 cm³/mol. The lowest BCUT2D eigenvalue weighted by molar-refractivity contribution is 0.305. The van der Waals surface area contributed by atoms with Crippen molar-refractivity contribution in [2.75, 3.05) is 0 Å². The van der Waals surface area contributed by atoms with Crippen LogP contribution in [0.4, 0.5) is 4.39 Å². The minimum atomic E-state index is -0.176. The molecule has 4 atom stereocenters. The first-order valence-corrected chi connectivity index (χ1v) is 11.2. The Bertz CT molecular complexity index is 469. The summed E-state index contributed by atoms with van der Waals surface area (Å²) in [6, 6.07) is 0. The molecule has 0 radical (unpaired) electrons. The highest BCUT2D eigenvalue weighted by Gasteiger charge is 2.17. The number of halogens is 1. The smallest absolute Gasteiger partial charge is 0.126 e. The summed E-state index contributed by atoms with van der Waals surface area (Å²) >= 11 is 0. The topological polar surface area (TPSA) is 0 Å². The second kappa shape index (κ2) is 13.3. The van der Waals surface area contributed by atoms with Crippen LogP contribution in [0, 0.1) is 35.5 Å². The number of allylic oxidation sites excluding steroid dienone is 4. The van der Waals surface area contributed by atoms with Gasteiger partial charge >= 0.3 is 0 Å². The zero-order valence-electron chi connectivity index (χ0n) is 19.6. The standard InChI is InChI=1S/C26H47F/c1-18(2)11-13-20(5)21(6)15-16-23(8)25(10)26(27)17-24(9)22(7)14-12-19(3)4/h17-23H,9-16H2,1-8H3/b26-17+. The molecule has 0 spiro atoms. The zero-order valence-corrected chi connectivity index (χ0v) is 19.6. The maximum Gasteiger partial charge on any atom is 0.126 e. The van der Waals surface area contributed by atoms with Gasteiger partial charge in [-0.1, -0.05) is 87.8 Å². The van der Waals surface area contributed by atoms with E-state index in [1.165, 1.54) is 12.8 Å². The molecule has 4 unspecified atom stereocenters. The second-order valence-electron chi connectivity index (χ2n) is 9.87. The SMILES string of the molecule is C=C(/C=C(/F)C(=C)C(C)CCC(C)C(C)CCC(C)C)C(C)CCC(C)C. The van der Waals surface area contributed by atoms with Gasteiger partial charge in [-0.05, 0) is 72.0 Å². The van der Waals surface area contributed by atoms with E-state index in [1.807, 2.05) is 0 Å². The van der Waals surface area contributed by atoms with Gasteiger partial charge in [-0.25, -0.2) is 4.39 Å². The molecule has 0 amide bonds. The number of hydrogen-bond donors (Lipinski definition) is 0. The largest absolute Gasteiger partial charge is 0.207 e. The van der Waals surface area contributed by atoms with Crippen LogP contribution in [0.3, 0.4) is 0 Å². The highest BCUT2D eigenvalue weighted by atomic mass is 19.1. The molecule has 0 heterocycles. The molecule has 0 saturated carbocycles. The van der Waals surface area contributed by atoms with Gasteiger partial charge in [0.2, 0.25) is 0 Å². The third kappa shape index (κ3) is 11.6. The molecule has 0 rings (SSSR count). The Hall–Kier alpha value is -0.850. The van der Waals surface area contributed by atoms with E-state index < -0.39 is 0 Å². The van der Waals surface area contributed by atoms with Gasteiger partial charge in [-0.2, -0.15) is 0 Å². The molecule has 0 aliphatic carbocycles. The van der Waals surface area contributed by atoms with Gasteiger partial charge < -0.3 is 0 Å². The van der Waals surface area contributed by atoms with Crippen molar-refractivity contribution in [3.05, 3.63) is 36.2 Å². The maximum absolute atomic E-state index is 14.6. The molecule has 27 heavy (non-hydrogen) atoms. The van der Waals surface area contributed by atoms with Crippen molar-refractivity contribution in [2.24, 2.45) is 35.5 Å². The lowest BCUT2D eigenvalue weighted by Crippen LogP contribution is -2.11. The second-order valence-corrected chi connectivity index (χ2v) is 9.87. The quantitative estimate of drug-likeness (QED) is 0.264. The van der Waals surface area contributed by atoms with Crippen LogP contribution in [-0.4, -0.2) is 0 Å². The van der Waals surface area contributed by atoms with Crippen molar-refractivity contribution in [3.63, 3.8) is 0 Å². The molecule has 0 aromatic heterocycles. The first kappa shape index (κ1) is 26.1. The van der Waals surface area contributed by atoms with Crippen LogP contribution < -0.4 is 0 Å². The van der Waals surface area contributed by atoms with E-state index in [0.717, 1.165) is 43.1 Å². The minimum Gasteiger partial charge on any atom is -0.207 e. The van der Waals surface area contributed by atoms with Gasteiger partial charge in [0.05, 0.1) is 0 Å². The van der Waals surface area contributed by atoms with Crippen molar-refractivity contribution in [3.8, 4) is 0 Å². The fraction of sp³-hybridized carbons (Fsp3) is 0.769. The molecule has 0 N–H and O–H groups in total. The van der Waals surface area contributed by atoms with Crippen molar-refractivity contribution in [1.29, 1.82) is 0 Å². The van der Waals surface area contributed by atoms with Crippen LogP contribution in [0.2, 0.25) is 0 Å². The lowest BCUT2D eigenvalue weighted by atomic mass is 9.83. The summed E-state index contributed by atoms with van der Waals surface area (Å²) in [7, 11) is 0. The number of hydrogen-bond acceptors (Lipinski definition) is 0. The average molecular weight is 379 g/mol. The third-order valence-electron chi connectivity index (χ3n) is 6.25. The molecule has 1 heteroatoms. The Labute approximate surface area is 170 Å². The first-order valence-electron chi connectivity index (χ1n) is 11.2. The van der Waals surface area contributed by atoms with Crippen LogP contribution in [-0.2, 0) is 0 Å². The van der Waals surface area contributed by atoms with E-state index in [0.29, 0.717) is 23.3 Å². The van der Waals surface area contributed by atoms with Crippen molar-refractivity contribution in [1.82, 2.24) is 0 Å². The average Bonchev–Trinajstić information content (AvgIpc) is 2.60. The van der Waals surface area contributed by atoms with Crippen LogP contribution in [0.1, 0.15) is 93.9 Å². The van der Waals surface area contributed by atoms with E-state index in [-0.39, 0.29) is 11.7 Å². The number of rotatable bonds is 14. The normalized spacial score (nSPS) is 17.1. The maximum atomic E-state index is 14.6. The van der Waals surface area contributed by atoms with Gasteiger partial charge in [-0.15, -0.1) is 0 Å². The molecule has 0 fully saturated rings. The summed E-state index contributed by atoms with van der Waals surface area (Å²) in [5, 5.41) is 0. The van der Waals surface area contributed by atoms with E-state index in [4.69, 9.17) is 0 Å². The summed E-state index contributed by atoms with van der Waals surface area (Å²) in [4.78, 5) is 0. The molecule has 0 aliphatic heterocycles. The molecule has 0 aromatic carbocycles. The zero-order chi connectivity index (χ0) is 21.1. The van der Waals surface area contributed by atoms with Crippen LogP contribution in [0.25, 0.3) is 0 Å².